The van der Waals surface area contributed by atoms with Gasteiger partial charge in [-0.2, -0.15) is 5.10 Å². The summed E-state index contributed by atoms with van der Waals surface area (Å²) in [5.74, 6) is 2.36. The Kier molecular flexibility index (Phi) is 10.3. The Morgan fingerprint density at radius 1 is 0.972 bits per heavy atom. The molecule has 196 valence electrons. The summed E-state index contributed by atoms with van der Waals surface area (Å²) in [5, 5.41) is 15.6. The van der Waals surface area contributed by atoms with E-state index in [0.29, 0.717) is 49.6 Å². The lowest BCUT2D eigenvalue weighted by molar-refractivity contribution is 0.0000398. The van der Waals surface area contributed by atoms with Gasteiger partial charge in [-0.1, -0.05) is 63.2 Å². The van der Waals surface area contributed by atoms with Gasteiger partial charge in [0.1, 0.15) is 5.69 Å². The molecule has 7 nitrogen and oxygen atoms in total. The summed E-state index contributed by atoms with van der Waals surface area (Å²) < 4.78 is 19.5. The molecular formula is C29H41N3O4. The molecule has 0 bridgehead atoms. The van der Waals surface area contributed by atoms with E-state index in [-0.39, 0.29) is 6.04 Å². The maximum Gasteiger partial charge on any atom is 0.222 e. The van der Waals surface area contributed by atoms with Crippen molar-refractivity contribution in [3.05, 3.63) is 60.2 Å². The first-order valence-corrected chi connectivity index (χ1v) is 12.8. The molecule has 0 aliphatic carbocycles. The molecule has 0 spiro atoms. The van der Waals surface area contributed by atoms with Crippen molar-refractivity contribution >= 4 is 0 Å². The number of benzene rings is 2. The van der Waals surface area contributed by atoms with Crippen LogP contribution < -0.4 is 9.47 Å². The van der Waals surface area contributed by atoms with Crippen molar-refractivity contribution < 1.29 is 19.3 Å². The number of aliphatic hydroxyl groups excluding tert-OH is 1. The van der Waals surface area contributed by atoms with Gasteiger partial charge in [0.05, 0.1) is 25.4 Å². The zero-order valence-electron chi connectivity index (χ0n) is 22.5. The number of aromatic nitrogens is 2. The lowest BCUT2D eigenvalue weighted by Crippen LogP contribution is -2.40. The van der Waals surface area contributed by atoms with Gasteiger partial charge in [0.2, 0.25) is 5.88 Å². The van der Waals surface area contributed by atoms with Gasteiger partial charge in [-0.3, -0.25) is 4.90 Å². The number of nitrogens with zero attached hydrogens (tertiary/aromatic N) is 3. The first-order chi connectivity index (χ1) is 17.3. The molecule has 1 heterocycles. The fourth-order valence-electron chi connectivity index (χ4n) is 4.08. The minimum absolute atomic E-state index is 0.243. The lowest BCUT2D eigenvalue weighted by atomic mass is 10.1. The van der Waals surface area contributed by atoms with E-state index in [2.05, 4.69) is 44.7 Å². The number of hydrogen-bond donors (Lipinski definition) is 1. The Bertz CT molecular complexity index is 1070. The van der Waals surface area contributed by atoms with Crippen LogP contribution in [0.1, 0.15) is 39.7 Å². The van der Waals surface area contributed by atoms with Crippen LogP contribution in [0, 0.1) is 5.92 Å². The third-order valence-electron chi connectivity index (χ3n) is 6.19. The van der Waals surface area contributed by atoms with E-state index < -0.39 is 6.10 Å². The normalized spacial score (nSPS) is 13.2. The highest BCUT2D eigenvalue weighted by molar-refractivity contribution is 5.66. The highest BCUT2D eigenvalue weighted by Crippen LogP contribution is 2.37. The third kappa shape index (κ3) is 7.32. The monoisotopic (exact) mass is 495 g/mol. The molecule has 2 aromatic carbocycles. The second-order valence-electron chi connectivity index (χ2n) is 9.65. The Labute approximate surface area is 215 Å². The van der Waals surface area contributed by atoms with Crippen LogP contribution in [0.5, 0.6) is 17.4 Å². The molecule has 36 heavy (non-hydrogen) atoms. The number of hydrogen-bond acceptors (Lipinski definition) is 6. The second kappa shape index (κ2) is 13.4. The van der Waals surface area contributed by atoms with E-state index in [9.17, 15) is 5.11 Å². The number of para-hydroxylation sites is 2. The maximum atomic E-state index is 10.8. The van der Waals surface area contributed by atoms with Crippen molar-refractivity contribution in [2.45, 2.75) is 52.8 Å². The molecule has 0 aliphatic heterocycles. The molecule has 0 saturated carbocycles. The van der Waals surface area contributed by atoms with Gasteiger partial charge < -0.3 is 19.3 Å². The van der Waals surface area contributed by atoms with Crippen LogP contribution >= 0.6 is 0 Å². The van der Waals surface area contributed by atoms with Crippen molar-refractivity contribution in [3.8, 4) is 28.6 Å². The number of methoxy groups -OCH3 is 1. The molecule has 3 rings (SSSR count). The molecule has 1 N–H and O–H groups in total. The molecule has 7 heteroatoms. The zero-order valence-corrected chi connectivity index (χ0v) is 22.5. The maximum absolute atomic E-state index is 10.8. The summed E-state index contributed by atoms with van der Waals surface area (Å²) in [6.45, 7) is 10.6. The van der Waals surface area contributed by atoms with Gasteiger partial charge in [-0.05, 0) is 31.4 Å². The lowest BCUT2D eigenvalue weighted by Gasteiger charge is -2.30. The number of rotatable bonds is 14. The van der Waals surface area contributed by atoms with Crippen molar-refractivity contribution in [3.63, 3.8) is 0 Å². The van der Waals surface area contributed by atoms with Crippen LogP contribution in [-0.4, -0.2) is 58.8 Å². The largest absolute Gasteiger partial charge is 0.493 e. The summed E-state index contributed by atoms with van der Waals surface area (Å²) in [6.07, 6.45) is 0.358. The average molecular weight is 496 g/mol. The second-order valence-corrected chi connectivity index (χ2v) is 9.65. The van der Waals surface area contributed by atoms with Gasteiger partial charge in [-0.15, -0.1) is 0 Å². The smallest absolute Gasteiger partial charge is 0.222 e. The quantitative estimate of drug-likeness (QED) is 0.318. The van der Waals surface area contributed by atoms with Crippen molar-refractivity contribution in [2.24, 2.45) is 13.0 Å². The van der Waals surface area contributed by atoms with Crippen LogP contribution in [0.2, 0.25) is 0 Å². The van der Waals surface area contributed by atoms with Crippen LogP contribution in [0.4, 0.5) is 0 Å². The molecule has 2 atom stereocenters. The molecule has 0 unspecified atom stereocenters. The van der Waals surface area contributed by atoms with Crippen molar-refractivity contribution in [1.82, 2.24) is 14.7 Å². The van der Waals surface area contributed by atoms with Crippen molar-refractivity contribution in [2.75, 3.05) is 26.9 Å². The first kappa shape index (κ1) is 27.7. The molecule has 0 saturated heterocycles. The van der Waals surface area contributed by atoms with Crippen LogP contribution in [0.3, 0.4) is 0 Å². The first-order valence-electron chi connectivity index (χ1n) is 12.8. The number of aliphatic hydroxyl groups is 1. The summed E-state index contributed by atoms with van der Waals surface area (Å²) in [5.41, 5.74) is 2.84. The molecule has 0 radical (unpaired) electrons. The standard InChI is InChI=1S/C29H41N3O4/c1-7-22(4)32(17-24(33)20-35-19-21(2)3)18-25-28(23-13-9-8-10-14-23)30-31(5)29(25)36-27-16-12-11-15-26(27)34-6/h8-16,21-22,24,33H,7,17-20H2,1-6H3/t22-,24+/m0/s1. The van der Waals surface area contributed by atoms with Gasteiger partial charge in [0, 0.05) is 38.3 Å². The average Bonchev–Trinajstić information content (AvgIpc) is 3.18. The van der Waals surface area contributed by atoms with Crippen LogP contribution in [0.25, 0.3) is 11.3 Å². The van der Waals surface area contributed by atoms with E-state index in [1.54, 1.807) is 11.8 Å². The van der Waals surface area contributed by atoms with E-state index in [0.717, 1.165) is 23.2 Å². The van der Waals surface area contributed by atoms with Gasteiger partial charge in [0.15, 0.2) is 11.5 Å². The summed E-state index contributed by atoms with van der Waals surface area (Å²) in [7, 11) is 3.53. The predicted octanol–water partition coefficient (Wildman–Crippen LogP) is 5.52. The van der Waals surface area contributed by atoms with Gasteiger partial charge in [-0.25, -0.2) is 4.68 Å². The van der Waals surface area contributed by atoms with E-state index >= 15 is 0 Å². The Hall–Kier alpha value is -2.87. The van der Waals surface area contributed by atoms with Gasteiger partial charge >= 0.3 is 0 Å². The van der Waals surface area contributed by atoms with Crippen molar-refractivity contribution in [1.29, 1.82) is 0 Å². The molecule has 3 aromatic rings. The van der Waals surface area contributed by atoms with Gasteiger partial charge in [0.25, 0.3) is 0 Å². The van der Waals surface area contributed by atoms with Crippen LogP contribution in [-0.2, 0) is 18.3 Å². The molecule has 1 aromatic heterocycles. The minimum atomic E-state index is -0.590. The van der Waals surface area contributed by atoms with E-state index in [1.165, 1.54) is 0 Å². The predicted molar refractivity (Wildman–Crippen MR) is 144 cm³/mol. The third-order valence-corrected chi connectivity index (χ3v) is 6.19. The molecule has 0 aliphatic rings. The Morgan fingerprint density at radius 2 is 1.64 bits per heavy atom. The highest BCUT2D eigenvalue weighted by atomic mass is 16.5. The Morgan fingerprint density at radius 3 is 2.28 bits per heavy atom. The highest BCUT2D eigenvalue weighted by Gasteiger charge is 2.26. The fraction of sp³-hybridized carbons (Fsp3) is 0.483. The summed E-state index contributed by atoms with van der Waals surface area (Å²) in [6, 6.07) is 18.0. The summed E-state index contributed by atoms with van der Waals surface area (Å²) in [4.78, 5) is 2.28. The summed E-state index contributed by atoms with van der Waals surface area (Å²) >= 11 is 0. The van der Waals surface area contributed by atoms with E-state index in [1.807, 2.05) is 49.5 Å². The molecule has 0 amide bonds. The molecular weight excluding hydrogens is 454 g/mol. The Balaban J connectivity index is 1.96. The fourth-order valence-corrected chi connectivity index (χ4v) is 4.08. The number of aryl methyl sites for hydroxylation is 1. The van der Waals surface area contributed by atoms with Crippen LogP contribution in [0.15, 0.2) is 54.6 Å². The topological polar surface area (TPSA) is 69.0 Å². The van der Waals surface area contributed by atoms with E-state index in [4.69, 9.17) is 19.3 Å². The molecule has 0 fully saturated rings. The zero-order chi connectivity index (χ0) is 26.1. The minimum Gasteiger partial charge on any atom is -0.493 e. The number of ether oxygens (including phenoxy) is 3. The SMILES string of the molecule is CC[C@H](C)N(Cc1c(-c2ccccc2)nn(C)c1Oc1ccccc1OC)C[C@@H](O)COCC(C)C.